The standard InChI is InChI=1S/C15H17ClN4OS/c1-22-12-4-5-14(16)13(7-12)15(21)19-6-2-3-11(8-19)20-10-17-9-18-20/h4-5,7,9-11H,2-3,6,8H2,1H3. The minimum Gasteiger partial charge on any atom is -0.336 e. The second kappa shape index (κ2) is 6.71. The monoisotopic (exact) mass is 336 g/mol. The molecule has 1 amide bonds. The number of thioether (sulfide) groups is 1. The molecule has 1 aromatic carbocycles. The van der Waals surface area contributed by atoms with E-state index in [1.54, 1.807) is 24.2 Å². The Balaban J connectivity index is 1.80. The van der Waals surface area contributed by atoms with Crippen molar-refractivity contribution in [3.05, 3.63) is 41.4 Å². The summed E-state index contributed by atoms with van der Waals surface area (Å²) in [4.78, 5) is 19.7. The highest BCUT2D eigenvalue weighted by atomic mass is 35.5. The second-order valence-electron chi connectivity index (χ2n) is 5.27. The van der Waals surface area contributed by atoms with Gasteiger partial charge in [-0.1, -0.05) is 11.6 Å². The van der Waals surface area contributed by atoms with Crippen molar-refractivity contribution in [3.8, 4) is 0 Å². The fourth-order valence-electron chi connectivity index (χ4n) is 2.73. The van der Waals surface area contributed by atoms with Crippen LogP contribution in [0.1, 0.15) is 29.2 Å². The van der Waals surface area contributed by atoms with E-state index in [4.69, 9.17) is 11.6 Å². The van der Waals surface area contributed by atoms with Gasteiger partial charge in [-0.05, 0) is 37.3 Å². The summed E-state index contributed by atoms with van der Waals surface area (Å²) in [5.74, 6) is -0.00860. The SMILES string of the molecule is CSc1ccc(Cl)c(C(=O)N2CCCC(n3cncn3)C2)c1. The highest BCUT2D eigenvalue weighted by Crippen LogP contribution is 2.27. The number of carbonyl (C=O) groups excluding carboxylic acids is 1. The molecular weight excluding hydrogens is 320 g/mol. The highest BCUT2D eigenvalue weighted by Gasteiger charge is 2.27. The van der Waals surface area contributed by atoms with Gasteiger partial charge >= 0.3 is 0 Å². The average molecular weight is 337 g/mol. The Bertz CT molecular complexity index is 662. The molecule has 0 N–H and O–H groups in total. The van der Waals surface area contributed by atoms with Crippen molar-refractivity contribution in [1.29, 1.82) is 0 Å². The number of likely N-dealkylation sites (tertiary alicyclic amines) is 1. The number of amides is 1. The number of halogens is 1. The first-order valence-corrected chi connectivity index (χ1v) is 8.76. The lowest BCUT2D eigenvalue weighted by molar-refractivity contribution is 0.0672. The van der Waals surface area contributed by atoms with Crippen LogP contribution in [0.2, 0.25) is 5.02 Å². The summed E-state index contributed by atoms with van der Waals surface area (Å²) in [6.07, 6.45) is 7.18. The maximum absolute atomic E-state index is 12.8. The Labute approximate surface area is 138 Å². The van der Waals surface area contributed by atoms with Crippen molar-refractivity contribution in [1.82, 2.24) is 19.7 Å². The molecule has 1 aromatic heterocycles. The normalized spacial score (nSPS) is 18.5. The Kier molecular flexibility index (Phi) is 4.69. The van der Waals surface area contributed by atoms with Crippen LogP contribution in [0.5, 0.6) is 0 Å². The van der Waals surface area contributed by atoms with E-state index in [1.165, 1.54) is 6.33 Å². The van der Waals surface area contributed by atoms with Gasteiger partial charge in [-0.3, -0.25) is 4.79 Å². The summed E-state index contributed by atoms with van der Waals surface area (Å²) in [6, 6.07) is 5.77. The van der Waals surface area contributed by atoms with Gasteiger partial charge in [0.15, 0.2) is 0 Å². The Morgan fingerprint density at radius 2 is 2.32 bits per heavy atom. The molecule has 7 heteroatoms. The number of hydrogen-bond acceptors (Lipinski definition) is 4. The lowest BCUT2D eigenvalue weighted by Crippen LogP contribution is -2.41. The fraction of sp³-hybridized carbons (Fsp3) is 0.400. The first-order valence-electron chi connectivity index (χ1n) is 7.16. The summed E-state index contributed by atoms with van der Waals surface area (Å²) < 4.78 is 1.83. The van der Waals surface area contributed by atoms with E-state index >= 15 is 0 Å². The third-order valence-electron chi connectivity index (χ3n) is 3.90. The van der Waals surface area contributed by atoms with E-state index in [9.17, 15) is 4.79 Å². The lowest BCUT2D eigenvalue weighted by atomic mass is 10.0. The van der Waals surface area contributed by atoms with Crippen LogP contribution in [0.15, 0.2) is 35.7 Å². The number of rotatable bonds is 3. The molecule has 1 fully saturated rings. The van der Waals surface area contributed by atoms with Crippen LogP contribution in [0.25, 0.3) is 0 Å². The first-order chi connectivity index (χ1) is 10.7. The molecule has 0 bridgehead atoms. The van der Waals surface area contributed by atoms with Crippen molar-refractivity contribution in [2.24, 2.45) is 0 Å². The van der Waals surface area contributed by atoms with E-state index in [0.29, 0.717) is 17.1 Å². The number of benzene rings is 1. The van der Waals surface area contributed by atoms with Gasteiger partial charge in [0.2, 0.25) is 0 Å². The molecule has 2 aromatic rings. The summed E-state index contributed by atoms with van der Waals surface area (Å²) >= 11 is 7.82. The molecule has 3 rings (SSSR count). The zero-order chi connectivity index (χ0) is 15.5. The number of aromatic nitrogens is 3. The minimum atomic E-state index is -0.00860. The first kappa shape index (κ1) is 15.4. The molecule has 0 spiro atoms. The molecule has 116 valence electrons. The summed E-state index contributed by atoms with van der Waals surface area (Å²) in [6.45, 7) is 1.39. The number of hydrogen-bond donors (Lipinski definition) is 0. The van der Waals surface area contributed by atoms with E-state index in [1.807, 2.05) is 28.0 Å². The maximum Gasteiger partial charge on any atom is 0.255 e. The van der Waals surface area contributed by atoms with Crippen LogP contribution in [-0.2, 0) is 0 Å². The largest absolute Gasteiger partial charge is 0.336 e. The number of nitrogens with zero attached hydrogens (tertiary/aromatic N) is 4. The molecule has 5 nitrogen and oxygen atoms in total. The predicted octanol–water partition coefficient (Wildman–Crippen LogP) is 3.13. The van der Waals surface area contributed by atoms with E-state index in [0.717, 1.165) is 24.3 Å². The van der Waals surface area contributed by atoms with Gasteiger partial charge in [-0.25, -0.2) is 9.67 Å². The molecule has 2 heterocycles. The smallest absolute Gasteiger partial charge is 0.255 e. The van der Waals surface area contributed by atoms with Crippen LogP contribution in [0.3, 0.4) is 0 Å². The number of carbonyl (C=O) groups is 1. The molecule has 1 aliphatic rings. The summed E-state index contributed by atoms with van der Waals surface area (Å²) in [5.41, 5.74) is 0.577. The maximum atomic E-state index is 12.8. The van der Waals surface area contributed by atoms with Crippen LogP contribution in [0.4, 0.5) is 0 Å². The Morgan fingerprint density at radius 3 is 3.05 bits per heavy atom. The topological polar surface area (TPSA) is 51.0 Å². The zero-order valence-corrected chi connectivity index (χ0v) is 13.8. The minimum absolute atomic E-state index is 0.00860. The Hall–Kier alpha value is -1.53. The van der Waals surface area contributed by atoms with Gasteiger partial charge in [-0.15, -0.1) is 11.8 Å². The fourth-order valence-corrected chi connectivity index (χ4v) is 3.36. The van der Waals surface area contributed by atoms with Crippen molar-refractivity contribution in [3.63, 3.8) is 0 Å². The molecule has 0 aliphatic carbocycles. The van der Waals surface area contributed by atoms with E-state index in [2.05, 4.69) is 10.1 Å². The molecule has 0 radical (unpaired) electrons. The predicted molar refractivity (Wildman–Crippen MR) is 87.4 cm³/mol. The zero-order valence-electron chi connectivity index (χ0n) is 12.3. The van der Waals surface area contributed by atoms with Crippen LogP contribution in [-0.4, -0.2) is 44.9 Å². The van der Waals surface area contributed by atoms with Gasteiger partial charge in [0.1, 0.15) is 12.7 Å². The van der Waals surface area contributed by atoms with Crippen LogP contribution in [0, 0.1) is 0 Å². The summed E-state index contributed by atoms with van der Waals surface area (Å²) in [5, 5.41) is 4.69. The summed E-state index contributed by atoms with van der Waals surface area (Å²) in [7, 11) is 0. The van der Waals surface area contributed by atoms with Gasteiger partial charge in [-0.2, -0.15) is 5.10 Å². The molecule has 22 heavy (non-hydrogen) atoms. The van der Waals surface area contributed by atoms with Gasteiger partial charge in [0, 0.05) is 18.0 Å². The molecule has 1 aliphatic heterocycles. The third kappa shape index (κ3) is 3.13. The Morgan fingerprint density at radius 1 is 1.45 bits per heavy atom. The second-order valence-corrected chi connectivity index (χ2v) is 6.56. The van der Waals surface area contributed by atoms with Crippen LogP contribution >= 0.6 is 23.4 Å². The molecule has 0 saturated carbocycles. The van der Waals surface area contributed by atoms with Crippen molar-refractivity contribution < 1.29 is 4.79 Å². The molecule has 1 saturated heterocycles. The van der Waals surface area contributed by atoms with Gasteiger partial charge in [0.25, 0.3) is 5.91 Å². The van der Waals surface area contributed by atoms with Crippen LogP contribution < -0.4 is 0 Å². The molecule has 1 atom stereocenters. The van der Waals surface area contributed by atoms with Gasteiger partial charge < -0.3 is 4.90 Å². The lowest BCUT2D eigenvalue weighted by Gasteiger charge is -2.32. The highest BCUT2D eigenvalue weighted by molar-refractivity contribution is 7.98. The van der Waals surface area contributed by atoms with E-state index in [-0.39, 0.29) is 11.9 Å². The molecular formula is C15H17ClN4OS. The van der Waals surface area contributed by atoms with Crippen molar-refractivity contribution >= 4 is 29.3 Å². The average Bonchev–Trinajstić information content (AvgIpc) is 3.09. The number of piperidine rings is 1. The van der Waals surface area contributed by atoms with Crippen molar-refractivity contribution in [2.45, 2.75) is 23.8 Å². The molecule has 1 unspecified atom stereocenters. The third-order valence-corrected chi connectivity index (χ3v) is 4.95. The van der Waals surface area contributed by atoms with Gasteiger partial charge in [0.05, 0.1) is 16.6 Å². The quantitative estimate of drug-likeness (QED) is 0.808. The van der Waals surface area contributed by atoms with Crippen molar-refractivity contribution in [2.75, 3.05) is 19.3 Å². The van der Waals surface area contributed by atoms with E-state index < -0.39 is 0 Å².